The van der Waals surface area contributed by atoms with Gasteiger partial charge in [-0.05, 0) is 50.4 Å². The fourth-order valence-electron chi connectivity index (χ4n) is 3.13. The van der Waals surface area contributed by atoms with E-state index in [-0.39, 0.29) is 17.8 Å². The zero-order valence-corrected chi connectivity index (χ0v) is 11.8. The molecular formula is C15H24F2O2. The summed E-state index contributed by atoms with van der Waals surface area (Å²) >= 11 is 0. The number of halogens is 2. The fraction of sp³-hybridized carbons (Fsp3) is 0.933. The van der Waals surface area contributed by atoms with Gasteiger partial charge in [-0.15, -0.1) is 0 Å². The summed E-state index contributed by atoms with van der Waals surface area (Å²) in [7, 11) is 0. The molecule has 2 fully saturated rings. The summed E-state index contributed by atoms with van der Waals surface area (Å²) in [6.45, 7) is 3.88. The van der Waals surface area contributed by atoms with Gasteiger partial charge in [0, 0.05) is 0 Å². The summed E-state index contributed by atoms with van der Waals surface area (Å²) in [6.07, 6.45) is 0.668. The Kier molecular flexibility index (Phi) is 4.80. The molecule has 4 heteroatoms. The van der Waals surface area contributed by atoms with Crippen molar-refractivity contribution in [2.24, 2.45) is 17.8 Å². The van der Waals surface area contributed by atoms with Crippen molar-refractivity contribution >= 4 is 5.97 Å². The Hall–Kier alpha value is -0.670. The third-order valence-corrected chi connectivity index (χ3v) is 4.73. The smallest absolute Gasteiger partial charge is 0.309 e. The fourth-order valence-corrected chi connectivity index (χ4v) is 3.13. The molecule has 0 aromatic heterocycles. The van der Waals surface area contributed by atoms with Gasteiger partial charge in [-0.2, -0.15) is 0 Å². The lowest BCUT2D eigenvalue weighted by atomic mass is 9.82. The Morgan fingerprint density at radius 3 is 2.21 bits per heavy atom. The monoisotopic (exact) mass is 274 g/mol. The zero-order valence-electron chi connectivity index (χ0n) is 11.8. The minimum atomic E-state index is -1.66. The molecule has 0 N–H and O–H groups in total. The molecule has 0 aliphatic heterocycles. The minimum Gasteiger partial charge on any atom is -0.459 e. The average molecular weight is 274 g/mol. The lowest BCUT2D eigenvalue weighted by molar-refractivity contribution is -0.164. The normalized spacial score (nSPS) is 43.8. The first-order valence-electron chi connectivity index (χ1n) is 7.47. The standard InChI is InChI=1S/C15H24F2O2/c1-9-3-6-11(7-4-9)15(18)19-12-8-5-10(2)13(16)14(12)17/h9-14H,3-8H2,1-2H3. The Labute approximate surface area is 113 Å². The van der Waals surface area contributed by atoms with Crippen LogP contribution in [0.5, 0.6) is 0 Å². The van der Waals surface area contributed by atoms with Gasteiger partial charge in [-0.3, -0.25) is 4.79 Å². The van der Waals surface area contributed by atoms with Crippen LogP contribution in [0, 0.1) is 17.8 Å². The molecule has 19 heavy (non-hydrogen) atoms. The van der Waals surface area contributed by atoms with Crippen molar-refractivity contribution in [3.63, 3.8) is 0 Å². The maximum atomic E-state index is 13.8. The van der Waals surface area contributed by atoms with Crippen LogP contribution in [0.2, 0.25) is 0 Å². The molecule has 2 aliphatic carbocycles. The van der Waals surface area contributed by atoms with Crippen LogP contribution in [-0.2, 0) is 9.53 Å². The van der Waals surface area contributed by atoms with E-state index in [0.717, 1.165) is 25.7 Å². The number of rotatable bonds is 2. The predicted molar refractivity (Wildman–Crippen MR) is 69.2 cm³/mol. The second-order valence-corrected chi connectivity index (χ2v) is 6.38. The second-order valence-electron chi connectivity index (χ2n) is 6.38. The molecule has 0 aromatic carbocycles. The third-order valence-electron chi connectivity index (χ3n) is 4.73. The molecule has 2 saturated carbocycles. The Balaban J connectivity index is 1.85. The first-order chi connectivity index (χ1) is 8.99. The summed E-state index contributed by atoms with van der Waals surface area (Å²) in [4.78, 5) is 12.0. The molecule has 2 rings (SSSR count). The topological polar surface area (TPSA) is 26.3 Å². The van der Waals surface area contributed by atoms with Crippen LogP contribution in [-0.4, -0.2) is 24.4 Å². The van der Waals surface area contributed by atoms with E-state index in [1.54, 1.807) is 6.92 Å². The summed E-state index contributed by atoms with van der Waals surface area (Å²) < 4.78 is 32.7. The SMILES string of the molecule is CC1CCC(C(=O)OC2CCC(C)C(F)C2F)CC1. The second kappa shape index (κ2) is 6.19. The molecular weight excluding hydrogens is 250 g/mol. The van der Waals surface area contributed by atoms with Gasteiger partial charge in [0.05, 0.1) is 5.92 Å². The summed E-state index contributed by atoms with van der Waals surface area (Å²) in [5, 5.41) is 0. The molecule has 4 unspecified atom stereocenters. The van der Waals surface area contributed by atoms with E-state index in [1.807, 2.05) is 0 Å². The van der Waals surface area contributed by atoms with E-state index in [2.05, 4.69) is 6.92 Å². The predicted octanol–water partition coefficient (Wildman–Crippen LogP) is 3.83. The highest BCUT2D eigenvalue weighted by Crippen LogP contribution is 2.34. The maximum absolute atomic E-state index is 13.8. The van der Waals surface area contributed by atoms with Crippen LogP contribution in [0.25, 0.3) is 0 Å². The Bertz CT molecular complexity index is 313. The molecule has 2 aliphatic rings. The van der Waals surface area contributed by atoms with Gasteiger partial charge < -0.3 is 4.74 Å². The number of hydrogen-bond donors (Lipinski definition) is 0. The van der Waals surface area contributed by atoms with Gasteiger partial charge in [0.15, 0.2) is 6.17 Å². The van der Waals surface area contributed by atoms with Gasteiger partial charge in [0.2, 0.25) is 0 Å². The van der Waals surface area contributed by atoms with Crippen LogP contribution in [0.15, 0.2) is 0 Å². The van der Waals surface area contributed by atoms with Crippen molar-refractivity contribution in [2.45, 2.75) is 70.8 Å². The first-order valence-corrected chi connectivity index (χ1v) is 7.47. The number of esters is 1. The van der Waals surface area contributed by atoms with Crippen LogP contribution in [0.1, 0.15) is 52.4 Å². The van der Waals surface area contributed by atoms with E-state index in [0.29, 0.717) is 18.8 Å². The summed E-state index contributed by atoms with van der Waals surface area (Å²) in [5.74, 6) is -0.0497. The molecule has 0 amide bonds. The third kappa shape index (κ3) is 3.46. The van der Waals surface area contributed by atoms with Crippen LogP contribution in [0.4, 0.5) is 8.78 Å². The molecule has 0 saturated heterocycles. The van der Waals surface area contributed by atoms with Gasteiger partial charge in [0.25, 0.3) is 0 Å². The number of hydrogen-bond acceptors (Lipinski definition) is 2. The molecule has 0 radical (unpaired) electrons. The lowest BCUT2D eigenvalue weighted by Crippen LogP contribution is -2.43. The lowest BCUT2D eigenvalue weighted by Gasteiger charge is -2.34. The van der Waals surface area contributed by atoms with Crippen LogP contribution < -0.4 is 0 Å². The molecule has 0 bridgehead atoms. The van der Waals surface area contributed by atoms with Gasteiger partial charge in [-0.1, -0.05) is 13.8 Å². The number of ether oxygens (including phenoxy) is 1. The van der Waals surface area contributed by atoms with Crippen molar-refractivity contribution in [3.8, 4) is 0 Å². The van der Waals surface area contributed by atoms with Crippen molar-refractivity contribution < 1.29 is 18.3 Å². The number of alkyl halides is 2. The largest absolute Gasteiger partial charge is 0.459 e. The van der Waals surface area contributed by atoms with Crippen molar-refractivity contribution in [2.75, 3.05) is 0 Å². The van der Waals surface area contributed by atoms with Crippen molar-refractivity contribution in [1.29, 1.82) is 0 Å². The Morgan fingerprint density at radius 2 is 1.58 bits per heavy atom. The number of carbonyl (C=O) groups is 1. The van der Waals surface area contributed by atoms with Crippen LogP contribution in [0.3, 0.4) is 0 Å². The van der Waals surface area contributed by atoms with Crippen LogP contribution >= 0.6 is 0 Å². The summed E-state index contributed by atoms with van der Waals surface area (Å²) in [6, 6.07) is 0. The highest BCUT2D eigenvalue weighted by atomic mass is 19.2. The first kappa shape index (κ1) is 14.7. The van der Waals surface area contributed by atoms with Gasteiger partial charge in [0.1, 0.15) is 12.3 Å². The highest BCUT2D eigenvalue weighted by molar-refractivity contribution is 5.72. The van der Waals surface area contributed by atoms with Gasteiger partial charge >= 0.3 is 5.97 Å². The van der Waals surface area contributed by atoms with Crippen molar-refractivity contribution in [3.05, 3.63) is 0 Å². The Morgan fingerprint density at radius 1 is 0.947 bits per heavy atom. The molecule has 4 atom stereocenters. The van der Waals surface area contributed by atoms with E-state index < -0.39 is 18.4 Å². The van der Waals surface area contributed by atoms with Gasteiger partial charge in [-0.25, -0.2) is 8.78 Å². The number of carbonyl (C=O) groups excluding carboxylic acids is 1. The zero-order chi connectivity index (χ0) is 14.0. The van der Waals surface area contributed by atoms with E-state index in [9.17, 15) is 13.6 Å². The molecule has 0 spiro atoms. The summed E-state index contributed by atoms with van der Waals surface area (Å²) in [5.41, 5.74) is 0. The van der Waals surface area contributed by atoms with E-state index >= 15 is 0 Å². The maximum Gasteiger partial charge on any atom is 0.309 e. The van der Waals surface area contributed by atoms with E-state index in [1.165, 1.54) is 0 Å². The molecule has 0 aromatic rings. The molecule has 2 nitrogen and oxygen atoms in total. The highest BCUT2D eigenvalue weighted by Gasteiger charge is 2.41. The quantitative estimate of drug-likeness (QED) is 0.715. The van der Waals surface area contributed by atoms with E-state index in [4.69, 9.17) is 4.74 Å². The minimum absolute atomic E-state index is 0.110. The average Bonchev–Trinajstić information content (AvgIpc) is 2.40. The molecule has 0 heterocycles. The molecule has 110 valence electrons. The van der Waals surface area contributed by atoms with Crippen molar-refractivity contribution in [1.82, 2.24) is 0 Å².